The first-order chi connectivity index (χ1) is 8.69. The number of aromatic nitrogens is 1. The minimum atomic E-state index is -0.881. The Bertz CT molecular complexity index is 593. The van der Waals surface area contributed by atoms with Gasteiger partial charge in [0, 0.05) is 12.0 Å². The molecule has 90 valence electrons. The van der Waals surface area contributed by atoms with Crippen molar-refractivity contribution in [1.29, 1.82) is 5.26 Å². The molecule has 0 spiro atoms. The standard InChI is InChI=1S/C13H10N2O3/c14-7-9-1-3-10(4-2-9)11-8-15-12(18-11)5-6-13(16)17/h1-4,8H,5-6H2,(H,16,17). The van der Waals surface area contributed by atoms with Crippen LogP contribution in [0.5, 0.6) is 0 Å². The van der Waals surface area contributed by atoms with Crippen molar-refractivity contribution in [3.05, 3.63) is 41.9 Å². The van der Waals surface area contributed by atoms with Crippen LogP contribution < -0.4 is 0 Å². The second-order valence-corrected chi connectivity index (χ2v) is 3.70. The van der Waals surface area contributed by atoms with Crippen molar-refractivity contribution >= 4 is 5.97 Å². The zero-order chi connectivity index (χ0) is 13.0. The van der Waals surface area contributed by atoms with Gasteiger partial charge < -0.3 is 9.52 Å². The van der Waals surface area contributed by atoms with Crippen LogP contribution in [0.15, 0.2) is 34.9 Å². The number of hydrogen-bond acceptors (Lipinski definition) is 4. The normalized spacial score (nSPS) is 9.94. The minimum Gasteiger partial charge on any atom is -0.481 e. The molecule has 0 bridgehead atoms. The molecule has 1 heterocycles. The fourth-order valence-electron chi connectivity index (χ4n) is 1.48. The molecule has 0 aliphatic carbocycles. The molecular weight excluding hydrogens is 232 g/mol. The third kappa shape index (κ3) is 2.74. The van der Waals surface area contributed by atoms with Gasteiger partial charge in [-0.25, -0.2) is 4.98 Å². The first-order valence-corrected chi connectivity index (χ1v) is 5.36. The predicted octanol–water partition coefficient (Wildman–Crippen LogP) is 2.23. The van der Waals surface area contributed by atoms with Crippen molar-refractivity contribution in [2.45, 2.75) is 12.8 Å². The molecule has 1 N–H and O–H groups in total. The largest absolute Gasteiger partial charge is 0.481 e. The van der Waals surface area contributed by atoms with E-state index in [-0.39, 0.29) is 12.8 Å². The molecule has 5 heteroatoms. The number of carboxylic acid groups (broad SMARTS) is 1. The molecule has 0 saturated carbocycles. The lowest BCUT2D eigenvalue weighted by Crippen LogP contribution is -1.97. The van der Waals surface area contributed by atoms with Crippen LogP contribution in [0.4, 0.5) is 0 Å². The highest BCUT2D eigenvalue weighted by atomic mass is 16.4. The summed E-state index contributed by atoms with van der Waals surface area (Å²) in [4.78, 5) is 14.4. The maximum absolute atomic E-state index is 10.4. The second-order valence-electron chi connectivity index (χ2n) is 3.70. The number of hydrogen-bond donors (Lipinski definition) is 1. The SMILES string of the molecule is N#Cc1ccc(-c2cnc(CCC(=O)O)o2)cc1. The number of rotatable bonds is 4. The summed E-state index contributed by atoms with van der Waals surface area (Å²) in [5, 5.41) is 17.2. The molecule has 0 fully saturated rings. The van der Waals surface area contributed by atoms with Gasteiger partial charge in [0.2, 0.25) is 0 Å². The van der Waals surface area contributed by atoms with Crippen LogP contribution in [-0.2, 0) is 11.2 Å². The van der Waals surface area contributed by atoms with Gasteiger partial charge in [-0.05, 0) is 24.3 Å². The van der Waals surface area contributed by atoms with Gasteiger partial charge in [0.05, 0.1) is 24.3 Å². The maximum atomic E-state index is 10.4. The molecule has 0 saturated heterocycles. The topological polar surface area (TPSA) is 87.1 Å². The molecule has 2 aromatic rings. The molecule has 0 unspecified atom stereocenters. The lowest BCUT2D eigenvalue weighted by molar-refractivity contribution is -0.137. The smallest absolute Gasteiger partial charge is 0.303 e. The van der Waals surface area contributed by atoms with E-state index in [0.717, 1.165) is 5.56 Å². The lowest BCUT2D eigenvalue weighted by Gasteiger charge is -1.96. The van der Waals surface area contributed by atoms with E-state index in [2.05, 4.69) is 4.98 Å². The number of carbonyl (C=O) groups is 1. The molecule has 5 nitrogen and oxygen atoms in total. The Kier molecular flexibility index (Phi) is 3.39. The number of aliphatic carboxylic acids is 1. The van der Waals surface area contributed by atoms with Gasteiger partial charge in [0.15, 0.2) is 11.7 Å². The van der Waals surface area contributed by atoms with Gasteiger partial charge in [-0.2, -0.15) is 5.26 Å². The summed E-state index contributed by atoms with van der Waals surface area (Å²) in [6, 6.07) is 8.94. The number of nitriles is 1. The Morgan fingerprint density at radius 1 is 1.39 bits per heavy atom. The fraction of sp³-hybridized carbons (Fsp3) is 0.154. The fourth-order valence-corrected chi connectivity index (χ4v) is 1.48. The Labute approximate surface area is 103 Å². The summed E-state index contributed by atoms with van der Waals surface area (Å²) < 4.78 is 5.44. The van der Waals surface area contributed by atoms with E-state index in [1.165, 1.54) is 0 Å². The van der Waals surface area contributed by atoms with Crippen LogP contribution in [0.3, 0.4) is 0 Å². The van der Waals surface area contributed by atoms with Crippen molar-refractivity contribution in [3.63, 3.8) is 0 Å². The van der Waals surface area contributed by atoms with E-state index in [9.17, 15) is 4.79 Å². The highest BCUT2D eigenvalue weighted by Crippen LogP contribution is 2.21. The monoisotopic (exact) mass is 242 g/mol. The number of nitrogens with zero attached hydrogens (tertiary/aromatic N) is 2. The highest BCUT2D eigenvalue weighted by Gasteiger charge is 2.08. The summed E-state index contributed by atoms with van der Waals surface area (Å²) in [7, 11) is 0. The number of aryl methyl sites for hydroxylation is 1. The third-order valence-corrected chi connectivity index (χ3v) is 2.40. The molecular formula is C13H10N2O3. The first kappa shape index (κ1) is 11.9. The first-order valence-electron chi connectivity index (χ1n) is 5.36. The van der Waals surface area contributed by atoms with Crippen molar-refractivity contribution in [1.82, 2.24) is 4.98 Å². The summed E-state index contributed by atoms with van der Waals surface area (Å²) in [6.07, 6.45) is 1.82. The van der Waals surface area contributed by atoms with Gasteiger partial charge in [0.1, 0.15) is 0 Å². The van der Waals surface area contributed by atoms with E-state index < -0.39 is 5.97 Å². The molecule has 0 radical (unpaired) electrons. The van der Waals surface area contributed by atoms with E-state index in [0.29, 0.717) is 17.2 Å². The molecule has 0 aliphatic rings. The molecule has 0 amide bonds. The van der Waals surface area contributed by atoms with Crippen LogP contribution in [0.25, 0.3) is 11.3 Å². The summed E-state index contributed by atoms with van der Waals surface area (Å²) in [5.41, 5.74) is 1.38. The Morgan fingerprint density at radius 3 is 2.72 bits per heavy atom. The summed E-state index contributed by atoms with van der Waals surface area (Å²) in [5.74, 6) is 0.0877. The quantitative estimate of drug-likeness (QED) is 0.888. The Hall–Kier alpha value is -2.61. The number of carboxylic acids is 1. The van der Waals surface area contributed by atoms with Crippen LogP contribution in [0.2, 0.25) is 0 Å². The summed E-state index contributed by atoms with van der Waals surface area (Å²) >= 11 is 0. The van der Waals surface area contributed by atoms with Crippen molar-refractivity contribution < 1.29 is 14.3 Å². The molecule has 1 aromatic carbocycles. The highest BCUT2D eigenvalue weighted by molar-refractivity contribution is 5.66. The number of benzene rings is 1. The van der Waals surface area contributed by atoms with Gasteiger partial charge in [-0.3, -0.25) is 4.79 Å². The van der Waals surface area contributed by atoms with Crippen LogP contribution in [0.1, 0.15) is 17.9 Å². The zero-order valence-corrected chi connectivity index (χ0v) is 9.46. The van der Waals surface area contributed by atoms with Gasteiger partial charge >= 0.3 is 5.97 Å². The van der Waals surface area contributed by atoms with E-state index in [1.54, 1.807) is 30.5 Å². The van der Waals surface area contributed by atoms with Crippen molar-refractivity contribution in [2.75, 3.05) is 0 Å². The van der Waals surface area contributed by atoms with Gasteiger partial charge in [-0.1, -0.05) is 0 Å². The van der Waals surface area contributed by atoms with Crippen LogP contribution in [-0.4, -0.2) is 16.1 Å². The minimum absolute atomic E-state index is 0.00662. The Morgan fingerprint density at radius 2 is 2.11 bits per heavy atom. The van der Waals surface area contributed by atoms with E-state index in [1.807, 2.05) is 6.07 Å². The zero-order valence-electron chi connectivity index (χ0n) is 9.46. The number of oxazole rings is 1. The van der Waals surface area contributed by atoms with Crippen LogP contribution >= 0.6 is 0 Å². The molecule has 0 atom stereocenters. The van der Waals surface area contributed by atoms with E-state index >= 15 is 0 Å². The van der Waals surface area contributed by atoms with Crippen molar-refractivity contribution in [2.24, 2.45) is 0 Å². The summed E-state index contributed by atoms with van der Waals surface area (Å²) in [6.45, 7) is 0. The van der Waals surface area contributed by atoms with E-state index in [4.69, 9.17) is 14.8 Å². The average molecular weight is 242 g/mol. The predicted molar refractivity (Wildman–Crippen MR) is 62.6 cm³/mol. The molecule has 1 aromatic heterocycles. The van der Waals surface area contributed by atoms with Gasteiger partial charge in [0.25, 0.3) is 0 Å². The molecule has 2 rings (SSSR count). The second kappa shape index (κ2) is 5.15. The molecule has 18 heavy (non-hydrogen) atoms. The maximum Gasteiger partial charge on any atom is 0.303 e. The van der Waals surface area contributed by atoms with Crippen LogP contribution in [0, 0.1) is 11.3 Å². The lowest BCUT2D eigenvalue weighted by atomic mass is 10.1. The average Bonchev–Trinajstić information content (AvgIpc) is 2.85. The Balaban J connectivity index is 2.13. The van der Waals surface area contributed by atoms with Crippen molar-refractivity contribution in [3.8, 4) is 17.4 Å². The third-order valence-electron chi connectivity index (χ3n) is 2.40. The van der Waals surface area contributed by atoms with Gasteiger partial charge in [-0.15, -0.1) is 0 Å². The molecule has 0 aliphatic heterocycles.